The SMILES string of the molecule is COc1ccccc1/C=C/C=C1\N=C(c2cccc(C)c2)OC1=O. The predicted molar refractivity (Wildman–Crippen MR) is 93.9 cm³/mol. The zero-order valence-electron chi connectivity index (χ0n) is 13.5. The molecule has 0 spiro atoms. The lowest BCUT2D eigenvalue weighted by Crippen LogP contribution is -2.05. The quantitative estimate of drug-likeness (QED) is 0.634. The van der Waals surface area contributed by atoms with Crippen molar-refractivity contribution >= 4 is 17.9 Å². The van der Waals surface area contributed by atoms with Crippen molar-refractivity contribution in [2.45, 2.75) is 6.92 Å². The zero-order valence-corrected chi connectivity index (χ0v) is 13.5. The van der Waals surface area contributed by atoms with Gasteiger partial charge < -0.3 is 9.47 Å². The third-order valence-electron chi connectivity index (χ3n) is 3.55. The molecule has 24 heavy (non-hydrogen) atoms. The van der Waals surface area contributed by atoms with Gasteiger partial charge >= 0.3 is 5.97 Å². The molecule has 0 saturated carbocycles. The van der Waals surface area contributed by atoms with Crippen LogP contribution in [0.5, 0.6) is 5.75 Å². The molecule has 1 aliphatic rings. The summed E-state index contributed by atoms with van der Waals surface area (Å²) in [5, 5.41) is 0. The van der Waals surface area contributed by atoms with Gasteiger partial charge in [-0.25, -0.2) is 9.79 Å². The van der Waals surface area contributed by atoms with Crippen LogP contribution in [0.4, 0.5) is 0 Å². The maximum absolute atomic E-state index is 11.9. The Labute approximate surface area is 140 Å². The van der Waals surface area contributed by atoms with Gasteiger partial charge in [-0.05, 0) is 31.2 Å². The van der Waals surface area contributed by atoms with E-state index in [0.29, 0.717) is 5.90 Å². The van der Waals surface area contributed by atoms with Crippen molar-refractivity contribution in [2.75, 3.05) is 7.11 Å². The van der Waals surface area contributed by atoms with Gasteiger partial charge in [0.1, 0.15) is 5.75 Å². The summed E-state index contributed by atoms with van der Waals surface area (Å²) < 4.78 is 10.5. The Kier molecular flexibility index (Phi) is 4.57. The number of rotatable bonds is 4. The molecular formula is C20H17NO3. The van der Waals surface area contributed by atoms with Crippen LogP contribution < -0.4 is 4.74 Å². The summed E-state index contributed by atoms with van der Waals surface area (Å²) in [6, 6.07) is 15.3. The average molecular weight is 319 g/mol. The smallest absolute Gasteiger partial charge is 0.363 e. The van der Waals surface area contributed by atoms with Gasteiger partial charge in [-0.15, -0.1) is 0 Å². The summed E-state index contributed by atoms with van der Waals surface area (Å²) in [6.07, 6.45) is 5.26. The highest BCUT2D eigenvalue weighted by Gasteiger charge is 2.23. The molecule has 3 rings (SSSR count). The molecule has 120 valence electrons. The number of methoxy groups -OCH3 is 1. The topological polar surface area (TPSA) is 47.9 Å². The molecule has 0 unspecified atom stereocenters. The molecule has 1 aliphatic heterocycles. The lowest BCUT2D eigenvalue weighted by molar-refractivity contribution is -0.130. The van der Waals surface area contributed by atoms with E-state index in [1.807, 2.05) is 61.5 Å². The van der Waals surface area contributed by atoms with E-state index < -0.39 is 5.97 Å². The van der Waals surface area contributed by atoms with Crippen molar-refractivity contribution in [1.29, 1.82) is 0 Å². The molecule has 0 atom stereocenters. The molecule has 2 aromatic rings. The number of aryl methyl sites for hydroxylation is 1. The highest BCUT2D eigenvalue weighted by molar-refractivity contribution is 6.11. The van der Waals surface area contributed by atoms with Crippen LogP contribution in [0.1, 0.15) is 16.7 Å². The van der Waals surface area contributed by atoms with E-state index in [4.69, 9.17) is 9.47 Å². The van der Waals surface area contributed by atoms with Crippen LogP contribution in [0.25, 0.3) is 6.08 Å². The standard InChI is InChI=1S/C20H17NO3/c1-14-7-5-10-16(13-14)19-21-17(20(22)24-19)11-6-9-15-8-3-4-12-18(15)23-2/h3-13H,1-2H3/b9-6+,17-11-. The summed E-state index contributed by atoms with van der Waals surface area (Å²) in [6.45, 7) is 1.98. The molecule has 2 aromatic carbocycles. The van der Waals surface area contributed by atoms with Crippen LogP contribution in [-0.2, 0) is 9.53 Å². The average Bonchev–Trinajstić information content (AvgIpc) is 2.96. The number of hydrogen-bond donors (Lipinski definition) is 0. The Morgan fingerprint density at radius 3 is 2.75 bits per heavy atom. The predicted octanol–water partition coefficient (Wildman–Crippen LogP) is 3.90. The molecule has 4 heteroatoms. The summed E-state index contributed by atoms with van der Waals surface area (Å²) in [7, 11) is 1.62. The lowest BCUT2D eigenvalue weighted by Gasteiger charge is -2.02. The highest BCUT2D eigenvalue weighted by Crippen LogP contribution is 2.20. The van der Waals surface area contributed by atoms with Crippen molar-refractivity contribution in [3.05, 3.63) is 83.1 Å². The number of carbonyl (C=O) groups excluding carboxylic acids is 1. The Morgan fingerprint density at radius 2 is 1.96 bits per heavy atom. The number of cyclic esters (lactones) is 1. The van der Waals surface area contributed by atoms with Crippen molar-refractivity contribution in [3.63, 3.8) is 0 Å². The first-order valence-electron chi connectivity index (χ1n) is 7.56. The van der Waals surface area contributed by atoms with Gasteiger partial charge in [0.05, 0.1) is 7.11 Å². The first-order valence-corrected chi connectivity index (χ1v) is 7.56. The van der Waals surface area contributed by atoms with E-state index >= 15 is 0 Å². The molecule has 0 bridgehead atoms. The number of nitrogens with zero attached hydrogens (tertiary/aromatic N) is 1. The minimum Gasteiger partial charge on any atom is -0.496 e. The van der Waals surface area contributed by atoms with Crippen molar-refractivity contribution in [2.24, 2.45) is 4.99 Å². The molecule has 0 saturated heterocycles. The Morgan fingerprint density at radius 1 is 1.12 bits per heavy atom. The Bertz CT molecular complexity index is 863. The van der Waals surface area contributed by atoms with Crippen LogP contribution in [0.2, 0.25) is 0 Å². The number of benzene rings is 2. The van der Waals surface area contributed by atoms with Crippen LogP contribution in [0.3, 0.4) is 0 Å². The van der Waals surface area contributed by atoms with Gasteiger partial charge in [-0.1, -0.05) is 48.0 Å². The maximum atomic E-state index is 11.9. The van der Waals surface area contributed by atoms with Gasteiger partial charge in [0.15, 0.2) is 5.70 Å². The first-order chi connectivity index (χ1) is 11.7. The van der Waals surface area contributed by atoms with Crippen LogP contribution in [0, 0.1) is 6.92 Å². The molecule has 0 N–H and O–H groups in total. The van der Waals surface area contributed by atoms with Crippen molar-refractivity contribution in [1.82, 2.24) is 0 Å². The van der Waals surface area contributed by atoms with Crippen LogP contribution in [0.15, 0.2) is 71.4 Å². The minimum atomic E-state index is -0.448. The van der Waals surface area contributed by atoms with Gasteiger partial charge in [-0.2, -0.15) is 0 Å². The molecule has 0 aromatic heterocycles. The van der Waals surface area contributed by atoms with E-state index in [1.165, 1.54) is 0 Å². The fourth-order valence-corrected chi connectivity index (χ4v) is 2.37. The van der Waals surface area contributed by atoms with Gasteiger partial charge in [0.2, 0.25) is 5.90 Å². The second-order valence-electron chi connectivity index (χ2n) is 5.33. The molecule has 1 heterocycles. The number of esters is 1. The number of hydrogen-bond acceptors (Lipinski definition) is 4. The summed E-state index contributed by atoms with van der Waals surface area (Å²) in [5.41, 5.74) is 3.07. The molecule has 0 amide bonds. The number of ether oxygens (including phenoxy) is 2. The molecular weight excluding hydrogens is 302 g/mol. The Hall–Kier alpha value is -3.14. The third kappa shape index (κ3) is 3.43. The lowest BCUT2D eigenvalue weighted by atomic mass is 10.1. The van der Waals surface area contributed by atoms with Gasteiger partial charge in [0, 0.05) is 11.1 Å². The summed E-state index contributed by atoms with van der Waals surface area (Å²) >= 11 is 0. The van der Waals surface area contributed by atoms with Crippen LogP contribution >= 0.6 is 0 Å². The summed E-state index contributed by atoms with van der Waals surface area (Å²) in [5.74, 6) is 0.655. The van der Waals surface area contributed by atoms with Crippen molar-refractivity contribution in [3.8, 4) is 5.75 Å². The molecule has 0 aliphatic carbocycles. The van der Waals surface area contributed by atoms with Gasteiger partial charge in [0.25, 0.3) is 0 Å². The highest BCUT2D eigenvalue weighted by atomic mass is 16.6. The second-order valence-corrected chi connectivity index (χ2v) is 5.33. The molecule has 4 nitrogen and oxygen atoms in total. The van der Waals surface area contributed by atoms with E-state index in [0.717, 1.165) is 22.4 Å². The number of allylic oxidation sites excluding steroid dienone is 2. The second kappa shape index (κ2) is 6.96. The zero-order chi connectivity index (χ0) is 16.9. The molecule has 0 radical (unpaired) electrons. The fourth-order valence-electron chi connectivity index (χ4n) is 2.37. The minimum absolute atomic E-state index is 0.276. The van der Waals surface area contributed by atoms with Crippen LogP contribution in [-0.4, -0.2) is 19.0 Å². The number of aliphatic imine (C=N–C) groups is 1. The first kappa shape index (κ1) is 15.7. The van der Waals surface area contributed by atoms with Crippen molar-refractivity contribution < 1.29 is 14.3 Å². The number of para-hydroxylation sites is 1. The fraction of sp³-hybridized carbons (Fsp3) is 0.100. The Balaban J connectivity index is 1.82. The number of carbonyl (C=O) groups is 1. The monoisotopic (exact) mass is 319 g/mol. The summed E-state index contributed by atoms with van der Waals surface area (Å²) in [4.78, 5) is 16.2. The maximum Gasteiger partial charge on any atom is 0.363 e. The largest absolute Gasteiger partial charge is 0.496 e. The van der Waals surface area contributed by atoms with E-state index in [2.05, 4.69) is 4.99 Å². The molecule has 0 fully saturated rings. The van der Waals surface area contributed by atoms with E-state index in [9.17, 15) is 4.79 Å². The van der Waals surface area contributed by atoms with E-state index in [-0.39, 0.29) is 5.70 Å². The third-order valence-corrected chi connectivity index (χ3v) is 3.55. The van der Waals surface area contributed by atoms with Gasteiger partial charge in [-0.3, -0.25) is 0 Å². The normalized spacial score (nSPS) is 15.7. The van der Waals surface area contributed by atoms with E-state index in [1.54, 1.807) is 19.3 Å².